The lowest BCUT2D eigenvalue weighted by Crippen LogP contribution is -2.23. The van der Waals surface area contributed by atoms with Crippen LogP contribution in [-0.4, -0.2) is 36.3 Å². The average molecular weight is 358 g/mol. The summed E-state index contributed by atoms with van der Waals surface area (Å²) in [5, 5.41) is 0.0586. The molecule has 0 bridgehead atoms. The van der Waals surface area contributed by atoms with Gasteiger partial charge in [0.05, 0.1) is 17.4 Å². The van der Waals surface area contributed by atoms with E-state index in [1.807, 2.05) is 4.90 Å². The van der Waals surface area contributed by atoms with Crippen LogP contribution in [0.25, 0.3) is 11.3 Å². The Kier molecular flexibility index (Phi) is 4.64. The maximum atomic E-state index is 12.7. The molecule has 0 N–H and O–H groups in total. The second kappa shape index (κ2) is 6.57. The molecule has 0 spiro atoms. The van der Waals surface area contributed by atoms with Crippen molar-refractivity contribution in [2.45, 2.75) is 18.7 Å². The molecule has 4 nitrogen and oxygen atoms in total. The molecular formula is C16H15ClF3N3O. The van der Waals surface area contributed by atoms with Gasteiger partial charge in [0.1, 0.15) is 5.82 Å². The first-order valence-corrected chi connectivity index (χ1v) is 7.74. The van der Waals surface area contributed by atoms with Gasteiger partial charge < -0.3 is 9.64 Å². The van der Waals surface area contributed by atoms with Gasteiger partial charge in [-0.25, -0.2) is 9.97 Å². The number of aromatic nitrogens is 2. The fraction of sp³-hybridized carbons (Fsp3) is 0.375. The van der Waals surface area contributed by atoms with E-state index in [1.165, 1.54) is 12.1 Å². The van der Waals surface area contributed by atoms with Gasteiger partial charge >= 0.3 is 6.18 Å². The predicted molar refractivity (Wildman–Crippen MR) is 85.1 cm³/mol. The molecule has 8 heteroatoms. The van der Waals surface area contributed by atoms with E-state index in [0.29, 0.717) is 23.6 Å². The van der Waals surface area contributed by atoms with Crippen molar-refractivity contribution in [1.82, 2.24) is 9.97 Å². The minimum Gasteiger partial charge on any atom is -0.380 e. The molecule has 1 saturated heterocycles. The van der Waals surface area contributed by atoms with Crippen molar-refractivity contribution in [2.24, 2.45) is 0 Å². The van der Waals surface area contributed by atoms with Crippen LogP contribution in [0.4, 0.5) is 19.0 Å². The Balaban J connectivity index is 1.89. The van der Waals surface area contributed by atoms with Gasteiger partial charge in [0.2, 0.25) is 5.28 Å². The van der Waals surface area contributed by atoms with E-state index in [-0.39, 0.29) is 11.4 Å². The Bertz CT molecular complexity index is 721. The topological polar surface area (TPSA) is 38.2 Å². The minimum absolute atomic E-state index is 0.0586. The van der Waals surface area contributed by atoms with E-state index < -0.39 is 11.7 Å². The molecule has 1 aromatic heterocycles. The molecule has 1 aliphatic rings. The van der Waals surface area contributed by atoms with Crippen molar-refractivity contribution in [3.05, 3.63) is 41.2 Å². The van der Waals surface area contributed by atoms with Gasteiger partial charge in [0.15, 0.2) is 0 Å². The minimum atomic E-state index is -4.36. The van der Waals surface area contributed by atoms with E-state index in [0.717, 1.165) is 25.1 Å². The molecule has 0 amide bonds. The average Bonchev–Trinajstić information content (AvgIpc) is 3.03. The second-order valence-corrected chi connectivity index (χ2v) is 5.89. The third-order valence-electron chi connectivity index (χ3n) is 4.00. The lowest BCUT2D eigenvalue weighted by atomic mass is 10.1. The first-order valence-electron chi connectivity index (χ1n) is 7.37. The summed E-state index contributed by atoms with van der Waals surface area (Å²) in [7, 11) is 1.66. The highest BCUT2D eigenvalue weighted by Crippen LogP contribution is 2.31. The molecule has 128 valence electrons. The zero-order valence-corrected chi connectivity index (χ0v) is 13.6. The van der Waals surface area contributed by atoms with Crippen LogP contribution in [0.5, 0.6) is 0 Å². The highest BCUT2D eigenvalue weighted by Gasteiger charge is 2.30. The number of ether oxygens (including phenoxy) is 1. The number of anilines is 1. The summed E-state index contributed by atoms with van der Waals surface area (Å²) in [4.78, 5) is 10.4. The Morgan fingerprint density at radius 3 is 2.50 bits per heavy atom. The molecule has 0 radical (unpaired) electrons. The fourth-order valence-electron chi connectivity index (χ4n) is 2.67. The summed E-state index contributed by atoms with van der Waals surface area (Å²) in [6.45, 7) is 1.47. The number of benzene rings is 1. The predicted octanol–water partition coefficient (Wildman–Crippen LogP) is 4.04. The van der Waals surface area contributed by atoms with Gasteiger partial charge in [-0.2, -0.15) is 13.2 Å². The normalized spacial score (nSPS) is 18.2. The maximum Gasteiger partial charge on any atom is 0.416 e. The third-order valence-corrected chi connectivity index (χ3v) is 4.16. The zero-order valence-electron chi connectivity index (χ0n) is 12.8. The Labute approximate surface area is 142 Å². The van der Waals surface area contributed by atoms with Crippen molar-refractivity contribution >= 4 is 17.4 Å². The van der Waals surface area contributed by atoms with Gasteiger partial charge in [-0.1, -0.05) is 12.1 Å². The molecule has 1 fully saturated rings. The molecule has 2 aromatic rings. The van der Waals surface area contributed by atoms with Gasteiger partial charge in [-0.15, -0.1) is 0 Å². The molecule has 0 saturated carbocycles. The highest BCUT2D eigenvalue weighted by molar-refractivity contribution is 6.28. The number of rotatable bonds is 3. The summed E-state index contributed by atoms with van der Waals surface area (Å²) in [5.74, 6) is 0.643. The molecule has 1 aliphatic heterocycles. The van der Waals surface area contributed by atoms with Crippen molar-refractivity contribution < 1.29 is 17.9 Å². The summed E-state index contributed by atoms with van der Waals surface area (Å²) < 4.78 is 43.3. The summed E-state index contributed by atoms with van der Waals surface area (Å²) >= 11 is 5.99. The van der Waals surface area contributed by atoms with Gasteiger partial charge in [-0.3, -0.25) is 0 Å². The molecule has 3 rings (SSSR count). The van der Waals surface area contributed by atoms with Gasteiger partial charge in [0.25, 0.3) is 0 Å². The monoisotopic (exact) mass is 357 g/mol. The van der Waals surface area contributed by atoms with E-state index in [2.05, 4.69) is 9.97 Å². The smallest absolute Gasteiger partial charge is 0.380 e. The van der Waals surface area contributed by atoms with E-state index in [4.69, 9.17) is 16.3 Å². The number of halogens is 4. The van der Waals surface area contributed by atoms with Crippen molar-refractivity contribution in [2.75, 3.05) is 25.1 Å². The van der Waals surface area contributed by atoms with Gasteiger partial charge in [0, 0.05) is 31.8 Å². The number of nitrogens with zero attached hydrogens (tertiary/aromatic N) is 3. The summed E-state index contributed by atoms with van der Waals surface area (Å²) in [6.07, 6.45) is -3.35. The van der Waals surface area contributed by atoms with Gasteiger partial charge in [-0.05, 0) is 30.2 Å². The fourth-order valence-corrected chi connectivity index (χ4v) is 2.85. The lowest BCUT2D eigenvalue weighted by Gasteiger charge is -2.18. The van der Waals surface area contributed by atoms with Crippen LogP contribution in [0.15, 0.2) is 30.3 Å². The molecular weight excluding hydrogens is 343 g/mol. The Hall–Kier alpha value is -1.86. The number of hydrogen-bond acceptors (Lipinski definition) is 4. The van der Waals surface area contributed by atoms with Crippen molar-refractivity contribution in [3.8, 4) is 11.3 Å². The third kappa shape index (κ3) is 3.62. The van der Waals surface area contributed by atoms with E-state index in [9.17, 15) is 13.2 Å². The standard InChI is InChI=1S/C16H15ClF3N3O/c1-24-12-6-7-23(9-12)14-8-13(21-15(17)22-14)10-2-4-11(5-3-10)16(18,19)20/h2-5,8,12H,6-7,9H2,1H3/t12-/m0/s1. The van der Waals surface area contributed by atoms with Crippen LogP contribution in [0.3, 0.4) is 0 Å². The summed E-state index contributed by atoms with van der Waals surface area (Å²) in [5.41, 5.74) is 0.338. The number of methoxy groups -OCH3 is 1. The van der Waals surface area contributed by atoms with Crippen molar-refractivity contribution in [1.29, 1.82) is 0 Å². The van der Waals surface area contributed by atoms with Crippen LogP contribution < -0.4 is 4.90 Å². The molecule has 1 atom stereocenters. The van der Waals surface area contributed by atoms with Crippen LogP contribution in [0.2, 0.25) is 5.28 Å². The van der Waals surface area contributed by atoms with Crippen molar-refractivity contribution in [3.63, 3.8) is 0 Å². The van der Waals surface area contributed by atoms with Crippen LogP contribution >= 0.6 is 11.6 Å². The molecule has 0 aliphatic carbocycles. The Morgan fingerprint density at radius 2 is 1.92 bits per heavy atom. The highest BCUT2D eigenvalue weighted by atomic mass is 35.5. The molecule has 2 heterocycles. The second-order valence-electron chi connectivity index (χ2n) is 5.55. The van der Waals surface area contributed by atoms with E-state index in [1.54, 1.807) is 13.2 Å². The van der Waals surface area contributed by atoms with Crippen LogP contribution in [-0.2, 0) is 10.9 Å². The van der Waals surface area contributed by atoms with E-state index >= 15 is 0 Å². The van der Waals surface area contributed by atoms with Crippen LogP contribution in [0, 0.1) is 0 Å². The molecule has 1 aromatic carbocycles. The quantitative estimate of drug-likeness (QED) is 0.777. The first kappa shape index (κ1) is 17.0. The zero-order chi connectivity index (χ0) is 17.3. The first-order chi connectivity index (χ1) is 11.4. The van der Waals surface area contributed by atoms with Crippen LogP contribution in [0.1, 0.15) is 12.0 Å². The number of hydrogen-bond donors (Lipinski definition) is 0. The number of alkyl halides is 3. The SMILES string of the molecule is CO[C@H]1CCN(c2cc(-c3ccc(C(F)(F)F)cc3)nc(Cl)n2)C1. The maximum absolute atomic E-state index is 12.7. The summed E-state index contributed by atoms with van der Waals surface area (Å²) in [6, 6.07) is 6.55. The molecule has 0 unspecified atom stereocenters. The largest absolute Gasteiger partial charge is 0.416 e. The molecule has 24 heavy (non-hydrogen) atoms. The Morgan fingerprint density at radius 1 is 1.21 bits per heavy atom. The lowest BCUT2D eigenvalue weighted by molar-refractivity contribution is -0.137.